The Kier molecular flexibility index (Phi) is 4.66. The minimum Gasteiger partial charge on any atom is -0.493 e. The van der Waals surface area contributed by atoms with Gasteiger partial charge in [-0.05, 0) is 41.3 Å². The number of aromatic nitrogens is 2. The summed E-state index contributed by atoms with van der Waals surface area (Å²) in [5, 5.41) is 0.577. The molecule has 0 saturated carbocycles. The van der Waals surface area contributed by atoms with E-state index >= 15 is 0 Å². The van der Waals surface area contributed by atoms with Crippen molar-refractivity contribution in [2.75, 3.05) is 12.4 Å². The summed E-state index contributed by atoms with van der Waals surface area (Å²) in [5.74, 6) is 3.08. The number of nitrogens with two attached hydrogens (primary N) is 1. The zero-order valence-electron chi connectivity index (χ0n) is 17.8. The summed E-state index contributed by atoms with van der Waals surface area (Å²) in [5.41, 5.74) is 9.54. The highest BCUT2D eigenvalue weighted by Crippen LogP contribution is 2.54. The lowest BCUT2D eigenvalue weighted by Crippen LogP contribution is -2.30. The van der Waals surface area contributed by atoms with Crippen LogP contribution in [0.3, 0.4) is 0 Å². The zero-order valence-corrected chi connectivity index (χ0v) is 18.6. The van der Waals surface area contributed by atoms with Gasteiger partial charge in [-0.25, -0.2) is 15.0 Å². The van der Waals surface area contributed by atoms with Crippen molar-refractivity contribution in [2.45, 2.75) is 26.3 Å². The summed E-state index contributed by atoms with van der Waals surface area (Å²) < 4.78 is 12.4. The molecule has 31 heavy (non-hydrogen) atoms. The van der Waals surface area contributed by atoms with Gasteiger partial charge in [-0.2, -0.15) is 0 Å². The van der Waals surface area contributed by atoms with E-state index in [0.717, 1.165) is 39.5 Å². The van der Waals surface area contributed by atoms with Crippen LogP contribution >= 0.6 is 11.8 Å². The monoisotopic (exact) mass is 432 g/mol. The molecule has 6 nitrogen and oxygen atoms in total. The molecular formula is C24H24N4O2S. The molecule has 1 atom stereocenters. The molecule has 1 spiro atoms. The lowest BCUT2D eigenvalue weighted by atomic mass is 9.81. The Balaban J connectivity index is 1.63. The smallest absolute Gasteiger partial charge is 0.155 e. The Morgan fingerprint density at radius 3 is 2.42 bits per heavy atom. The number of nitrogens with zero attached hydrogens (tertiary/aromatic N) is 3. The highest BCUT2D eigenvalue weighted by molar-refractivity contribution is 8.14. The molecule has 2 aliphatic rings. The molecule has 5 rings (SSSR count). The van der Waals surface area contributed by atoms with Gasteiger partial charge in [0.25, 0.3) is 0 Å². The topological polar surface area (TPSA) is 82.6 Å². The van der Waals surface area contributed by atoms with Crippen molar-refractivity contribution < 1.29 is 9.47 Å². The lowest BCUT2D eigenvalue weighted by Gasteiger charge is -2.35. The van der Waals surface area contributed by atoms with Crippen molar-refractivity contribution in [1.29, 1.82) is 0 Å². The van der Waals surface area contributed by atoms with Crippen molar-refractivity contribution in [2.24, 2.45) is 16.1 Å². The first kappa shape index (κ1) is 19.9. The summed E-state index contributed by atoms with van der Waals surface area (Å²) in [6.07, 6.45) is 5.14. The first-order chi connectivity index (χ1) is 14.8. The van der Waals surface area contributed by atoms with Crippen LogP contribution in [0.4, 0.5) is 0 Å². The van der Waals surface area contributed by atoms with Crippen LogP contribution in [-0.2, 0) is 5.54 Å². The third-order valence-corrected chi connectivity index (χ3v) is 6.29. The second-order valence-corrected chi connectivity index (χ2v) is 10.0. The molecule has 2 aromatic carbocycles. The predicted molar refractivity (Wildman–Crippen MR) is 124 cm³/mol. The molecule has 3 aromatic rings. The molecule has 7 heteroatoms. The number of fused-ring (bicyclic) bond motifs is 4. The number of ether oxygens (including phenoxy) is 2. The third kappa shape index (κ3) is 3.63. The third-order valence-electron chi connectivity index (χ3n) is 5.34. The molecule has 2 N–H and O–H groups in total. The molecule has 0 unspecified atom stereocenters. The van der Waals surface area contributed by atoms with Gasteiger partial charge in [-0.15, -0.1) is 0 Å². The van der Waals surface area contributed by atoms with Gasteiger partial charge in [0, 0.05) is 34.8 Å². The molecule has 158 valence electrons. The van der Waals surface area contributed by atoms with E-state index in [1.807, 2.05) is 30.3 Å². The van der Waals surface area contributed by atoms with E-state index in [1.54, 1.807) is 24.2 Å². The van der Waals surface area contributed by atoms with E-state index < -0.39 is 5.54 Å². The Morgan fingerprint density at radius 1 is 1.03 bits per heavy atom. The van der Waals surface area contributed by atoms with Crippen molar-refractivity contribution in [1.82, 2.24) is 9.97 Å². The van der Waals surface area contributed by atoms with Gasteiger partial charge in [-0.3, -0.25) is 0 Å². The predicted octanol–water partition coefficient (Wildman–Crippen LogP) is 4.98. The summed E-state index contributed by atoms with van der Waals surface area (Å²) in [4.78, 5) is 13.2. The number of rotatable bonds is 3. The first-order valence-corrected chi connectivity index (χ1v) is 11.2. The first-order valence-electron chi connectivity index (χ1n) is 10.2. The van der Waals surface area contributed by atoms with E-state index in [0.29, 0.717) is 17.5 Å². The highest BCUT2D eigenvalue weighted by Gasteiger charge is 2.46. The molecule has 0 bridgehead atoms. The molecule has 0 radical (unpaired) electrons. The van der Waals surface area contributed by atoms with Crippen LogP contribution in [0.2, 0.25) is 0 Å². The molecule has 0 fully saturated rings. The molecule has 1 aromatic heterocycles. The molecule has 3 heterocycles. The van der Waals surface area contributed by atoms with Gasteiger partial charge >= 0.3 is 0 Å². The van der Waals surface area contributed by atoms with Gasteiger partial charge in [-0.1, -0.05) is 38.6 Å². The number of aliphatic imine (C=N–C) groups is 1. The maximum atomic E-state index is 6.28. The van der Waals surface area contributed by atoms with Gasteiger partial charge < -0.3 is 15.2 Å². The number of hydrogen-bond acceptors (Lipinski definition) is 7. The minimum absolute atomic E-state index is 0.0646. The van der Waals surface area contributed by atoms with Gasteiger partial charge in [0.1, 0.15) is 29.1 Å². The van der Waals surface area contributed by atoms with Gasteiger partial charge in [0.15, 0.2) is 5.17 Å². The normalized spacial score (nSPS) is 19.4. The fourth-order valence-corrected chi connectivity index (χ4v) is 4.80. The Morgan fingerprint density at radius 2 is 1.74 bits per heavy atom. The summed E-state index contributed by atoms with van der Waals surface area (Å²) >= 11 is 1.56. The molecule has 0 saturated heterocycles. The number of benzene rings is 2. The maximum absolute atomic E-state index is 6.28. The number of amidine groups is 1. The van der Waals surface area contributed by atoms with Crippen LogP contribution in [-0.4, -0.2) is 27.5 Å². The van der Waals surface area contributed by atoms with Gasteiger partial charge in [0.2, 0.25) is 0 Å². The lowest BCUT2D eigenvalue weighted by molar-refractivity contribution is 0.197. The van der Waals surface area contributed by atoms with E-state index in [2.05, 4.69) is 36.8 Å². The van der Waals surface area contributed by atoms with Crippen LogP contribution in [0.1, 0.15) is 31.9 Å². The minimum atomic E-state index is -0.621. The number of hydrogen-bond donors (Lipinski definition) is 1. The van der Waals surface area contributed by atoms with Crippen molar-refractivity contribution in [3.05, 3.63) is 66.2 Å². The largest absolute Gasteiger partial charge is 0.493 e. The fraction of sp³-hybridized carbons (Fsp3) is 0.292. The zero-order chi connectivity index (χ0) is 21.6. The fourth-order valence-electron chi connectivity index (χ4n) is 3.85. The quantitative estimate of drug-likeness (QED) is 0.629. The van der Waals surface area contributed by atoms with Crippen molar-refractivity contribution in [3.63, 3.8) is 0 Å². The van der Waals surface area contributed by atoms with Crippen LogP contribution in [0.25, 0.3) is 11.1 Å². The average molecular weight is 433 g/mol. The number of thioether (sulfide) groups is 1. The average Bonchev–Trinajstić information content (AvgIpc) is 3.15. The summed E-state index contributed by atoms with van der Waals surface area (Å²) in [6, 6.07) is 12.1. The van der Waals surface area contributed by atoms with Gasteiger partial charge in [0.05, 0.1) is 6.61 Å². The molecule has 0 aliphatic carbocycles. The Bertz CT molecular complexity index is 1170. The molecule has 0 amide bonds. The second-order valence-electron chi connectivity index (χ2n) is 9.05. The maximum Gasteiger partial charge on any atom is 0.155 e. The molecular weight excluding hydrogens is 408 g/mol. The summed E-state index contributed by atoms with van der Waals surface area (Å²) in [6.45, 7) is 7.08. The van der Waals surface area contributed by atoms with E-state index in [1.165, 1.54) is 6.33 Å². The van der Waals surface area contributed by atoms with Crippen LogP contribution in [0.5, 0.6) is 17.2 Å². The van der Waals surface area contributed by atoms with E-state index in [4.69, 9.17) is 20.2 Å². The second kappa shape index (κ2) is 7.27. The molecule has 2 aliphatic heterocycles. The standard InChI is InChI=1S/C24H24N4O2S/c1-23(2,3)12-29-17-5-7-21-19(9-17)24(13-31-22(25)28-24)18-8-15(4-6-20(18)30-21)16-10-26-14-27-11-16/h4-11,14H,12-13H2,1-3H3,(H2,25,28)/t24-/m1/s1. The Hall–Kier alpha value is -3.06. The van der Waals surface area contributed by atoms with Crippen LogP contribution in [0.15, 0.2) is 60.1 Å². The van der Waals surface area contributed by atoms with E-state index in [9.17, 15) is 0 Å². The van der Waals surface area contributed by atoms with Crippen LogP contribution in [0, 0.1) is 5.41 Å². The van der Waals surface area contributed by atoms with Crippen LogP contribution < -0.4 is 15.2 Å². The Labute approximate surface area is 185 Å². The van der Waals surface area contributed by atoms with E-state index in [-0.39, 0.29) is 5.41 Å². The van der Waals surface area contributed by atoms with Crippen molar-refractivity contribution >= 4 is 16.9 Å². The summed E-state index contributed by atoms with van der Waals surface area (Å²) in [7, 11) is 0. The highest BCUT2D eigenvalue weighted by atomic mass is 32.2. The SMILES string of the molecule is CC(C)(C)COc1ccc2c(c1)[C@@]1(CSC(N)=N1)c1cc(-c3cncnc3)ccc1O2. The van der Waals surface area contributed by atoms with Crippen molar-refractivity contribution in [3.8, 4) is 28.4 Å².